The normalized spacial score (nSPS) is 9.50. The zero-order valence-electron chi connectivity index (χ0n) is 9.70. The summed E-state index contributed by atoms with van der Waals surface area (Å²) >= 11 is 0. The second-order valence-corrected chi connectivity index (χ2v) is 3.52. The fraction of sp³-hybridized carbons (Fsp3) is 0.583. The minimum atomic E-state index is 0.720. The van der Waals surface area contributed by atoms with Crippen LogP contribution in [0, 0.1) is 5.92 Å². The highest BCUT2D eigenvalue weighted by molar-refractivity contribution is 5.05. The van der Waals surface area contributed by atoms with Gasteiger partial charge >= 0.3 is 0 Å². The van der Waals surface area contributed by atoms with Crippen LogP contribution in [0.4, 0.5) is 0 Å². The number of pyridine rings is 1. The largest absolute Gasteiger partial charge is 0.285 e. The van der Waals surface area contributed by atoms with E-state index in [1.807, 2.05) is 26.0 Å². The molecule has 0 amide bonds. The van der Waals surface area contributed by atoms with Gasteiger partial charge in [-0.3, -0.25) is 5.21 Å². The van der Waals surface area contributed by atoms with E-state index in [4.69, 9.17) is 5.21 Å². The monoisotopic (exact) mass is 196 g/mol. The molecule has 0 saturated heterocycles. The van der Waals surface area contributed by atoms with Crippen molar-refractivity contribution in [3.05, 3.63) is 30.1 Å². The van der Waals surface area contributed by atoms with Crippen LogP contribution in [0.15, 0.2) is 24.5 Å². The molecule has 0 aliphatic heterocycles. The molecule has 2 nitrogen and oxygen atoms in total. The van der Waals surface area contributed by atoms with Crippen LogP contribution < -0.4 is 4.73 Å². The second-order valence-electron chi connectivity index (χ2n) is 3.52. The van der Waals surface area contributed by atoms with Gasteiger partial charge < -0.3 is 0 Å². The Morgan fingerprint density at radius 1 is 1.36 bits per heavy atom. The minimum Gasteiger partial charge on any atom is -0.285 e. The Kier molecular flexibility index (Phi) is 6.81. The van der Waals surface area contributed by atoms with Gasteiger partial charge in [-0.25, -0.2) is 0 Å². The van der Waals surface area contributed by atoms with Crippen molar-refractivity contribution in [1.29, 1.82) is 0 Å². The van der Waals surface area contributed by atoms with Gasteiger partial charge in [0.2, 0.25) is 12.4 Å². The summed E-state index contributed by atoms with van der Waals surface area (Å²) < 4.78 is 1.11. The van der Waals surface area contributed by atoms with Crippen LogP contribution in [0.3, 0.4) is 0 Å². The quantitative estimate of drug-likeness (QED) is 0.583. The molecule has 0 radical (unpaired) electrons. The van der Waals surface area contributed by atoms with E-state index in [0.29, 0.717) is 0 Å². The SMILES string of the molecule is CC.CC(C)CCc1ccc[n+](O)c1. The Bertz CT molecular complexity index is 246. The van der Waals surface area contributed by atoms with Gasteiger partial charge in [0, 0.05) is 16.4 Å². The lowest BCUT2D eigenvalue weighted by atomic mass is 10.0. The first kappa shape index (κ1) is 12.9. The van der Waals surface area contributed by atoms with Crippen molar-refractivity contribution in [1.82, 2.24) is 0 Å². The fourth-order valence-electron chi connectivity index (χ4n) is 1.11. The summed E-state index contributed by atoms with van der Waals surface area (Å²) in [6.07, 6.45) is 5.59. The van der Waals surface area contributed by atoms with Crippen molar-refractivity contribution in [2.75, 3.05) is 0 Å². The lowest BCUT2D eigenvalue weighted by Gasteiger charge is -2.01. The van der Waals surface area contributed by atoms with Crippen LogP contribution in [0.1, 0.15) is 39.7 Å². The van der Waals surface area contributed by atoms with E-state index < -0.39 is 0 Å². The van der Waals surface area contributed by atoms with Crippen molar-refractivity contribution in [2.24, 2.45) is 5.92 Å². The standard InChI is InChI=1S/C10H16NO.C2H6/c1-9(2)5-6-10-4-3-7-11(12)8-10;1-2/h3-4,7-9,12H,5-6H2,1-2H3;1-2H3/q+1;. The lowest BCUT2D eigenvalue weighted by Crippen LogP contribution is -2.28. The van der Waals surface area contributed by atoms with Gasteiger partial charge in [-0.1, -0.05) is 27.7 Å². The van der Waals surface area contributed by atoms with Gasteiger partial charge in [0.15, 0.2) is 0 Å². The summed E-state index contributed by atoms with van der Waals surface area (Å²) in [5, 5.41) is 9.09. The molecular weight excluding hydrogens is 174 g/mol. The molecule has 0 saturated carbocycles. The lowest BCUT2D eigenvalue weighted by molar-refractivity contribution is -0.905. The third-order valence-electron chi connectivity index (χ3n) is 1.86. The summed E-state index contributed by atoms with van der Waals surface area (Å²) in [5.41, 5.74) is 1.19. The van der Waals surface area contributed by atoms with Crippen LogP contribution in [0.5, 0.6) is 0 Å². The smallest absolute Gasteiger partial charge is 0.225 e. The Morgan fingerprint density at radius 2 is 2.00 bits per heavy atom. The van der Waals surface area contributed by atoms with Crippen LogP contribution in [-0.4, -0.2) is 5.21 Å². The Balaban J connectivity index is 0.000000791. The van der Waals surface area contributed by atoms with Gasteiger partial charge in [-0.15, -0.1) is 0 Å². The van der Waals surface area contributed by atoms with Gasteiger partial charge in [0.1, 0.15) is 0 Å². The summed E-state index contributed by atoms with van der Waals surface area (Å²) in [6, 6.07) is 3.89. The Hall–Kier alpha value is -1.05. The molecule has 0 aliphatic rings. The van der Waals surface area contributed by atoms with Gasteiger partial charge in [0.25, 0.3) is 0 Å². The number of rotatable bonds is 3. The maximum Gasteiger partial charge on any atom is 0.225 e. The summed E-state index contributed by atoms with van der Waals surface area (Å²) in [5.74, 6) is 0.720. The number of nitrogens with zero attached hydrogens (tertiary/aromatic N) is 1. The van der Waals surface area contributed by atoms with E-state index >= 15 is 0 Å². The third-order valence-corrected chi connectivity index (χ3v) is 1.86. The third kappa shape index (κ3) is 5.57. The molecule has 0 unspecified atom stereocenters. The average molecular weight is 196 g/mol. The van der Waals surface area contributed by atoms with E-state index in [2.05, 4.69) is 13.8 Å². The molecule has 1 aromatic heterocycles. The van der Waals surface area contributed by atoms with E-state index in [-0.39, 0.29) is 0 Å². The van der Waals surface area contributed by atoms with E-state index in [0.717, 1.165) is 17.1 Å². The highest BCUT2D eigenvalue weighted by atomic mass is 16.5. The zero-order chi connectivity index (χ0) is 11.0. The molecule has 80 valence electrons. The van der Waals surface area contributed by atoms with Crippen molar-refractivity contribution in [3.8, 4) is 0 Å². The van der Waals surface area contributed by atoms with E-state index in [9.17, 15) is 0 Å². The first-order chi connectivity index (χ1) is 6.68. The summed E-state index contributed by atoms with van der Waals surface area (Å²) in [4.78, 5) is 0. The Labute approximate surface area is 87.2 Å². The molecule has 0 aliphatic carbocycles. The maximum atomic E-state index is 9.09. The van der Waals surface area contributed by atoms with Gasteiger partial charge in [0.05, 0.1) is 0 Å². The predicted octanol–water partition coefficient (Wildman–Crippen LogP) is 2.83. The molecule has 1 rings (SSSR count). The fourth-order valence-corrected chi connectivity index (χ4v) is 1.11. The van der Waals surface area contributed by atoms with Crippen molar-refractivity contribution in [2.45, 2.75) is 40.5 Å². The van der Waals surface area contributed by atoms with E-state index in [1.54, 1.807) is 12.4 Å². The number of aromatic nitrogens is 1. The molecule has 1 N–H and O–H groups in total. The van der Waals surface area contributed by atoms with Gasteiger partial charge in [-0.2, -0.15) is 0 Å². The molecule has 1 heterocycles. The second kappa shape index (κ2) is 7.36. The predicted molar refractivity (Wildman–Crippen MR) is 58.3 cm³/mol. The highest BCUT2D eigenvalue weighted by Gasteiger charge is 2.01. The highest BCUT2D eigenvalue weighted by Crippen LogP contribution is 2.06. The van der Waals surface area contributed by atoms with Crippen molar-refractivity contribution in [3.63, 3.8) is 0 Å². The van der Waals surface area contributed by atoms with Crippen LogP contribution in [0.25, 0.3) is 0 Å². The molecule has 14 heavy (non-hydrogen) atoms. The maximum absolute atomic E-state index is 9.09. The van der Waals surface area contributed by atoms with E-state index in [1.165, 1.54) is 12.0 Å². The first-order valence-electron chi connectivity index (χ1n) is 5.38. The molecule has 0 atom stereocenters. The zero-order valence-corrected chi connectivity index (χ0v) is 9.70. The summed E-state index contributed by atoms with van der Waals surface area (Å²) in [6.45, 7) is 8.41. The Morgan fingerprint density at radius 3 is 2.50 bits per heavy atom. The molecular formula is C12H22NO+. The van der Waals surface area contributed by atoms with Crippen LogP contribution in [0.2, 0.25) is 0 Å². The molecule has 1 aromatic rings. The average Bonchev–Trinajstić information content (AvgIpc) is 2.18. The minimum absolute atomic E-state index is 0.720. The summed E-state index contributed by atoms with van der Waals surface area (Å²) in [7, 11) is 0. The number of hydrogen-bond acceptors (Lipinski definition) is 1. The van der Waals surface area contributed by atoms with Crippen molar-refractivity contribution < 1.29 is 9.94 Å². The van der Waals surface area contributed by atoms with Gasteiger partial charge in [-0.05, 0) is 24.8 Å². The molecule has 0 spiro atoms. The molecule has 0 bridgehead atoms. The number of aryl methyl sites for hydroxylation is 1. The molecule has 0 fully saturated rings. The van der Waals surface area contributed by atoms with Crippen LogP contribution >= 0.6 is 0 Å². The topological polar surface area (TPSA) is 24.1 Å². The molecule has 0 aromatic carbocycles. The van der Waals surface area contributed by atoms with Crippen molar-refractivity contribution >= 4 is 0 Å². The number of hydrogen-bond donors (Lipinski definition) is 1. The van der Waals surface area contributed by atoms with Crippen LogP contribution in [-0.2, 0) is 6.42 Å². The first-order valence-corrected chi connectivity index (χ1v) is 5.38. The molecule has 2 heteroatoms.